The molecule has 0 aliphatic heterocycles. The summed E-state index contributed by atoms with van der Waals surface area (Å²) >= 11 is 7.97. The summed E-state index contributed by atoms with van der Waals surface area (Å²) in [4.78, 5) is 13.3. The summed E-state index contributed by atoms with van der Waals surface area (Å²) in [5, 5.41) is 1.26. The van der Waals surface area contributed by atoms with E-state index in [1.807, 2.05) is 36.4 Å². The fourth-order valence-corrected chi connectivity index (χ4v) is 4.46. The second kappa shape index (κ2) is 10.1. The van der Waals surface area contributed by atoms with Gasteiger partial charge < -0.3 is 18.9 Å². The summed E-state index contributed by atoms with van der Waals surface area (Å²) in [5.41, 5.74) is 1.19. The highest BCUT2D eigenvalue weighted by molar-refractivity contribution is 7.20. The van der Waals surface area contributed by atoms with Crippen molar-refractivity contribution < 1.29 is 23.7 Å². The van der Waals surface area contributed by atoms with Gasteiger partial charge in [0.1, 0.15) is 5.75 Å². The minimum atomic E-state index is -0.533. The van der Waals surface area contributed by atoms with E-state index in [4.69, 9.17) is 30.5 Å². The van der Waals surface area contributed by atoms with Crippen molar-refractivity contribution in [3.63, 3.8) is 0 Å². The standard InChI is InChI=1S/C24H25ClO5S/c1-6-29-24(26)20(30-16-9-7-15(8-10-16)14(2)3)12-17-11-18-21(31-17)13-19(27-4)23(28-5)22(18)25/h7-14H,6H2,1-5H3/b20-12-. The first-order valence-electron chi connectivity index (χ1n) is 9.88. The Morgan fingerprint density at radius 2 is 1.84 bits per heavy atom. The highest BCUT2D eigenvalue weighted by atomic mass is 35.5. The molecule has 0 amide bonds. The monoisotopic (exact) mass is 460 g/mol. The van der Waals surface area contributed by atoms with Crippen LogP contribution in [0.5, 0.6) is 17.2 Å². The number of carbonyl (C=O) groups is 1. The maximum Gasteiger partial charge on any atom is 0.374 e. The number of rotatable bonds is 8. The summed E-state index contributed by atoms with van der Waals surface area (Å²) in [5.74, 6) is 1.55. The minimum Gasteiger partial charge on any atom is -0.493 e. The maximum atomic E-state index is 12.5. The van der Waals surface area contributed by atoms with Crippen molar-refractivity contribution in [2.24, 2.45) is 0 Å². The summed E-state index contributed by atoms with van der Waals surface area (Å²) in [7, 11) is 3.10. The van der Waals surface area contributed by atoms with Crippen LogP contribution in [0.1, 0.15) is 37.1 Å². The normalized spacial score (nSPS) is 11.6. The molecule has 0 fully saturated rings. The van der Waals surface area contributed by atoms with Crippen molar-refractivity contribution in [3.8, 4) is 17.2 Å². The predicted molar refractivity (Wildman–Crippen MR) is 126 cm³/mol. The fourth-order valence-electron chi connectivity index (χ4n) is 3.04. The summed E-state index contributed by atoms with van der Waals surface area (Å²) < 4.78 is 22.7. The van der Waals surface area contributed by atoms with Crippen LogP contribution >= 0.6 is 22.9 Å². The van der Waals surface area contributed by atoms with Crippen molar-refractivity contribution in [2.45, 2.75) is 26.7 Å². The summed E-state index contributed by atoms with van der Waals surface area (Å²) in [6.45, 7) is 6.25. The fraction of sp³-hybridized carbons (Fsp3) is 0.292. The molecule has 0 unspecified atom stereocenters. The van der Waals surface area contributed by atoms with Crippen molar-refractivity contribution >= 4 is 45.1 Å². The Balaban J connectivity index is 2.00. The molecule has 164 valence electrons. The van der Waals surface area contributed by atoms with E-state index in [-0.39, 0.29) is 12.4 Å². The SMILES string of the molecule is CCOC(=O)/C(=C/c1cc2c(Cl)c(OC)c(OC)cc2s1)Oc1ccc(C(C)C)cc1. The number of hydrogen-bond donors (Lipinski definition) is 0. The number of methoxy groups -OCH3 is 2. The average Bonchev–Trinajstić information content (AvgIpc) is 3.16. The first-order chi connectivity index (χ1) is 14.9. The van der Waals surface area contributed by atoms with Crippen molar-refractivity contribution in [3.05, 3.63) is 57.6 Å². The molecule has 0 saturated heterocycles. The average molecular weight is 461 g/mol. The van der Waals surface area contributed by atoms with E-state index in [1.165, 1.54) is 16.9 Å². The number of benzene rings is 2. The largest absolute Gasteiger partial charge is 0.493 e. The van der Waals surface area contributed by atoms with E-state index < -0.39 is 5.97 Å². The van der Waals surface area contributed by atoms with Gasteiger partial charge >= 0.3 is 5.97 Å². The van der Waals surface area contributed by atoms with Gasteiger partial charge in [0, 0.05) is 27.1 Å². The van der Waals surface area contributed by atoms with Gasteiger partial charge in [-0.05, 0) is 36.6 Å². The van der Waals surface area contributed by atoms with E-state index in [0.29, 0.717) is 28.2 Å². The molecule has 31 heavy (non-hydrogen) atoms. The zero-order valence-electron chi connectivity index (χ0n) is 18.2. The number of halogens is 1. The Morgan fingerprint density at radius 3 is 2.42 bits per heavy atom. The van der Waals surface area contributed by atoms with Crippen LogP contribution in [0.4, 0.5) is 0 Å². The zero-order valence-corrected chi connectivity index (χ0v) is 19.7. The highest BCUT2D eigenvalue weighted by Crippen LogP contribution is 2.44. The predicted octanol–water partition coefficient (Wildman–Crippen LogP) is 6.68. The van der Waals surface area contributed by atoms with Crippen LogP contribution in [0.25, 0.3) is 16.2 Å². The Morgan fingerprint density at radius 1 is 1.13 bits per heavy atom. The third kappa shape index (κ3) is 5.14. The highest BCUT2D eigenvalue weighted by Gasteiger charge is 2.18. The molecule has 0 bridgehead atoms. The topological polar surface area (TPSA) is 54.0 Å². The van der Waals surface area contributed by atoms with Crippen LogP contribution in [0.15, 0.2) is 42.2 Å². The van der Waals surface area contributed by atoms with E-state index in [9.17, 15) is 4.79 Å². The number of hydrogen-bond acceptors (Lipinski definition) is 6. The molecule has 0 aliphatic carbocycles. The molecule has 0 saturated carbocycles. The molecule has 5 nitrogen and oxygen atoms in total. The van der Waals surface area contributed by atoms with Crippen LogP contribution < -0.4 is 14.2 Å². The third-order valence-electron chi connectivity index (χ3n) is 4.65. The van der Waals surface area contributed by atoms with Crippen LogP contribution in [-0.2, 0) is 9.53 Å². The molecule has 3 rings (SSSR count). The van der Waals surface area contributed by atoms with E-state index in [0.717, 1.165) is 15.0 Å². The second-order valence-electron chi connectivity index (χ2n) is 7.04. The summed E-state index contributed by atoms with van der Waals surface area (Å²) in [6.07, 6.45) is 1.66. The molecule has 0 N–H and O–H groups in total. The number of esters is 1. The molecule has 3 aromatic rings. The van der Waals surface area contributed by atoms with Gasteiger partial charge in [-0.1, -0.05) is 37.6 Å². The molecular weight excluding hydrogens is 436 g/mol. The molecule has 0 atom stereocenters. The number of carbonyl (C=O) groups excluding carboxylic acids is 1. The van der Waals surface area contributed by atoms with Crippen LogP contribution in [-0.4, -0.2) is 26.8 Å². The van der Waals surface area contributed by atoms with Crippen LogP contribution in [0.3, 0.4) is 0 Å². The zero-order chi connectivity index (χ0) is 22.5. The molecule has 0 radical (unpaired) electrons. The third-order valence-corrected chi connectivity index (χ3v) is 6.05. The Labute approximate surface area is 191 Å². The lowest BCUT2D eigenvalue weighted by molar-refractivity contribution is -0.140. The molecule has 2 aromatic carbocycles. The van der Waals surface area contributed by atoms with Gasteiger partial charge in [0.25, 0.3) is 0 Å². The Kier molecular flexibility index (Phi) is 7.46. The maximum absolute atomic E-state index is 12.5. The van der Waals surface area contributed by atoms with E-state index in [2.05, 4.69) is 13.8 Å². The first kappa shape index (κ1) is 23.0. The van der Waals surface area contributed by atoms with Crippen molar-refractivity contribution in [1.82, 2.24) is 0 Å². The van der Waals surface area contributed by atoms with Gasteiger partial charge in [-0.25, -0.2) is 4.79 Å². The lowest BCUT2D eigenvalue weighted by Crippen LogP contribution is -2.12. The van der Waals surface area contributed by atoms with Crippen LogP contribution in [0.2, 0.25) is 5.02 Å². The lowest BCUT2D eigenvalue weighted by Gasteiger charge is -2.11. The number of ether oxygens (including phenoxy) is 4. The van der Waals surface area contributed by atoms with E-state index in [1.54, 1.807) is 27.2 Å². The molecule has 1 aromatic heterocycles. The first-order valence-corrected chi connectivity index (χ1v) is 11.1. The molecule has 7 heteroatoms. The van der Waals surface area contributed by atoms with Gasteiger partial charge in [-0.2, -0.15) is 0 Å². The minimum absolute atomic E-state index is 0.0979. The van der Waals surface area contributed by atoms with Crippen molar-refractivity contribution in [1.29, 1.82) is 0 Å². The van der Waals surface area contributed by atoms with E-state index >= 15 is 0 Å². The Bertz CT molecular complexity index is 1100. The number of fused-ring (bicyclic) bond motifs is 1. The lowest BCUT2D eigenvalue weighted by atomic mass is 10.0. The second-order valence-corrected chi connectivity index (χ2v) is 8.53. The van der Waals surface area contributed by atoms with Crippen molar-refractivity contribution in [2.75, 3.05) is 20.8 Å². The molecule has 1 heterocycles. The van der Waals surface area contributed by atoms with Gasteiger partial charge in [0.2, 0.25) is 5.76 Å². The van der Waals surface area contributed by atoms with Gasteiger partial charge in [-0.15, -0.1) is 11.3 Å². The number of thiophene rings is 1. The molecule has 0 aliphatic rings. The smallest absolute Gasteiger partial charge is 0.374 e. The van der Waals surface area contributed by atoms with Gasteiger partial charge in [0.15, 0.2) is 11.5 Å². The van der Waals surface area contributed by atoms with Gasteiger partial charge in [0.05, 0.1) is 25.8 Å². The van der Waals surface area contributed by atoms with Gasteiger partial charge in [-0.3, -0.25) is 0 Å². The quantitative estimate of drug-likeness (QED) is 0.213. The molecule has 0 spiro atoms. The molecular formula is C24H25ClO5S. The Hall–Kier alpha value is -2.70. The summed E-state index contributed by atoms with van der Waals surface area (Å²) in [6, 6.07) is 11.4. The van der Waals surface area contributed by atoms with Crippen LogP contribution in [0, 0.1) is 0 Å².